The van der Waals surface area contributed by atoms with Gasteiger partial charge in [0.05, 0.1) is 12.9 Å². The van der Waals surface area contributed by atoms with Crippen LogP contribution in [-0.4, -0.2) is 84.2 Å². The molecule has 24 heteroatoms. The number of aliphatic hydroxyl groups is 3. The van der Waals surface area contributed by atoms with Crippen LogP contribution in [0.1, 0.15) is 9.08 Å². The van der Waals surface area contributed by atoms with Gasteiger partial charge in [0.15, 0.2) is 17.7 Å². The fourth-order valence-corrected chi connectivity index (χ4v) is 4.99. The zero-order valence-electron chi connectivity index (χ0n) is 19.4. The third-order valence-electron chi connectivity index (χ3n) is 3.60. The number of aliphatic hydroxyl groups excluding tert-OH is 3. The molecule has 1 saturated heterocycles. The molecule has 0 amide bonds. The van der Waals surface area contributed by atoms with Gasteiger partial charge < -0.3 is 53.1 Å². The van der Waals surface area contributed by atoms with Crippen molar-refractivity contribution >= 4 is 40.4 Å². The molecule has 0 aromatic carbocycles. The Morgan fingerprint density at radius 2 is 1.53 bits per heavy atom. The first kappa shape index (κ1) is 34.6. The van der Waals surface area contributed by atoms with Gasteiger partial charge in [0.1, 0.15) is 30.2 Å². The van der Waals surface area contributed by atoms with Crippen LogP contribution in [0.25, 0.3) is 11.2 Å². The van der Waals surface area contributed by atoms with Crippen molar-refractivity contribution in [3.8, 4) is 0 Å². The number of nitrogens with two attached hydrogens (primary N) is 1. The van der Waals surface area contributed by atoms with Crippen LogP contribution >= 0.6 is 23.5 Å². The third-order valence-corrected chi connectivity index (χ3v) is 6.95. The molecule has 3 rings (SSSR count). The van der Waals surface area contributed by atoms with Crippen LogP contribution in [0.4, 0.5) is 5.82 Å². The standard InChI is InChI=1S/C10H13N5O4.2Na.H5O10P3.2H/c11-8-5-9(13-2-12-8)15(3-14-5)10-7(18)6(17)4(1-16)19-10;;;1-11(2,3)9-13(7,8)10-12(4,5)6;;/h2-4,6-7,10,16-18H,1H2,(H2,11,12,13);;;(H,7,8)(H2,1,2,3)(H2,4,5,6);;/q;2*+1;;2*-1/t4-,6-,7-,10-;;;;;/m1...../s1. The molecule has 3 heterocycles. The Balaban J connectivity index is -0.000000580. The van der Waals surface area contributed by atoms with E-state index in [9.17, 15) is 23.9 Å². The van der Waals surface area contributed by atoms with Gasteiger partial charge >= 0.3 is 82.6 Å². The van der Waals surface area contributed by atoms with E-state index >= 15 is 0 Å². The van der Waals surface area contributed by atoms with E-state index in [4.69, 9.17) is 40.0 Å². The molecule has 34 heavy (non-hydrogen) atoms. The predicted octanol–water partition coefficient (Wildman–Crippen LogP) is -8.44. The van der Waals surface area contributed by atoms with Gasteiger partial charge in [-0.1, -0.05) is 0 Å². The molecule has 19 nitrogen and oxygen atoms in total. The number of aromatic nitrogens is 4. The van der Waals surface area contributed by atoms with Crippen molar-refractivity contribution in [3.05, 3.63) is 12.7 Å². The summed E-state index contributed by atoms with van der Waals surface area (Å²) in [5.41, 5.74) is 6.44. The molecule has 0 aliphatic carbocycles. The Labute approximate surface area is 236 Å². The number of rotatable bonds is 6. The first-order valence-electron chi connectivity index (χ1n) is 7.96. The molecule has 0 unspecified atom stereocenters. The SMILES string of the molecule is Nc1ncnc2c1ncn2[C@@H]1O[C@H](CO)[C@@H](O)[C@H]1O.O=P(O)(O)OP(=O)(O)OP(=O)(O)O.[H-].[H-].[Na+].[Na+]. The predicted molar refractivity (Wildman–Crippen MR) is 101 cm³/mol. The van der Waals surface area contributed by atoms with Gasteiger partial charge in [-0.3, -0.25) is 4.57 Å². The molecule has 1 fully saturated rings. The molecule has 0 radical (unpaired) electrons. The summed E-state index contributed by atoms with van der Waals surface area (Å²) in [6, 6.07) is 0. The van der Waals surface area contributed by atoms with Gasteiger partial charge in [-0.05, 0) is 0 Å². The molecule has 0 bridgehead atoms. The van der Waals surface area contributed by atoms with Crippen LogP contribution in [0.3, 0.4) is 0 Å². The van der Waals surface area contributed by atoms with Crippen molar-refractivity contribution in [1.82, 2.24) is 19.5 Å². The molecular formula is C10H20N5Na2O14P3. The van der Waals surface area contributed by atoms with Crippen LogP contribution in [0.15, 0.2) is 12.7 Å². The average molecular weight is 573 g/mol. The number of hydrogen-bond acceptors (Lipinski definition) is 13. The monoisotopic (exact) mass is 573 g/mol. The number of imidazole rings is 1. The number of anilines is 1. The number of phosphoric acid groups is 3. The van der Waals surface area contributed by atoms with E-state index in [0.29, 0.717) is 11.2 Å². The van der Waals surface area contributed by atoms with Crippen molar-refractivity contribution in [2.75, 3.05) is 12.3 Å². The van der Waals surface area contributed by atoms with Gasteiger partial charge in [0.25, 0.3) is 0 Å². The minimum Gasteiger partial charge on any atom is -1.00 e. The number of ether oxygens (including phenoxy) is 1. The first-order chi connectivity index (χ1) is 14.5. The molecule has 1 aliphatic heterocycles. The van der Waals surface area contributed by atoms with Crippen molar-refractivity contribution in [2.24, 2.45) is 0 Å². The quantitative estimate of drug-likeness (QED) is 0.114. The average Bonchev–Trinajstić information content (AvgIpc) is 3.14. The van der Waals surface area contributed by atoms with Gasteiger partial charge in [-0.2, -0.15) is 8.62 Å². The van der Waals surface area contributed by atoms with Gasteiger partial charge in [0.2, 0.25) is 0 Å². The Morgan fingerprint density at radius 1 is 1.00 bits per heavy atom. The summed E-state index contributed by atoms with van der Waals surface area (Å²) in [6.45, 7) is -0.390. The molecule has 4 atom stereocenters. The van der Waals surface area contributed by atoms with E-state index in [1.807, 2.05) is 0 Å². The van der Waals surface area contributed by atoms with E-state index in [-0.39, 0.29) is 67.8 Å². The van der Waals surface area contributed by atoms with Gasteiger partial charge in [-0.15, -0.1) is 0 Å². The molecule has 186 valence electrons. The Bertz CT molecular complexity index is 1080. The van der Waals surface area contributed by atoms with Crippen molar-refractivity contribution in [1.29, 1.82) is 0 Å². The molecule has 0 spiro atoms. The smallest absolute Gasteiger partial charge is 1.00 e. The summed E-state index contributed by atoms with van der Waals surface area (Å²) in [6.07, 6.45) is -1.42. The van der Waals surface area contributed by atoms with Crippen molar-refractivity contribution in [3.63, 3.8) is 0 Å². The van der Waals surface area contributed by atoms with Crippen LogP contribution < -0.4 is 64.8 Å². The molecule has 2 aromatic rings. The van der Waals surface area contributed by atoms with Crippen molar-refractivity contribution in [2.45, 2.75) is 24.5 Å². The van der Waals surface area contributed by atoms with Crippen LogP contribution in [-0.2, 0) is 27.1 Å². The molecular weight excluding hydrogens is 553 g/mol. The first-order valence-corrected chi connectivity index (χ1v) is 12.5. The molecule has 0 saturated carbocycles. The van der Waals surface area contributed by atoms with E-state index in [2.05, 4.69) is 23.6 Å². The maximum Gasteiger partial charge on any atom is 1.00 e. The fraction of sp³-hybridized carbons (Fsp3) is 0.500. The maximum atomic E-state index is 10.4. The summed E-state index contributed by atoms with van der Waals surface area (Å²) in [5.74, 6) is 0.218. The maximum absolute atomic E-state index is 10.4. The zero-order chi connectivity index (χ0) is 24.5. The number of nitrogens with zero attached hydrogens (tertiary/aromatic N) is 4. The Morgan fingerprint density at radius 3 is 1.97 bits per heavy atom. The van der Waals surface area contributed by atoms with Crippen LogP contribution in [0, 0.1) is 0 Å². The second-order valence-electron chi connectivity index (χ2n) is 5.92. The van der Waals surface area contributed by atoms with Gasteiger partial charge in [-0.25, -0.2) is 28.6 Å². The Kier molecular flexibility index (Phi) is 13.6. The van der Waals surface area contributed by atoms with Crippen molar-refractivity contribution < 1.29 is 129 Å². The molecule has 2 aromatic heterocycles. The summed E-state index contributed by atoms with van der Waals surface area (Å²) in [4.78, 5) is 52.1. The minimum absolute atomic E-state index is 0. The number of hydrogen-bond donors (Lipinski definition) is 9. The second kappa shape index (κ2) is 13.4. The summed E-state index contributed by atoms with van der Waals surface area (Å²) < 4.78 is 43.2. The minimum atomic E-state index is -5.46. The van der Waals surface area contributed by atoms with E-state index < -0.39 is 54.6 Å². The summed E-state index contributed by atoms with van der Waals surface area (Å²) in [7, 11) is -16.2. The van der Waals surface area contributed by atoms with E-state index in [1.54, 1.807) is 0 Å². The Hall–Kier alpha value is 0.600. The van der Waals surface area contributed by atoms with Gasteiger partial charge in [0, 0.05) is 0 Å². The number of fused-ring (bicyclic) bond motifs is 1. The number of nitrogen functional groups attached to an aromatic ring is 1. The van der Waals surface area contributed by atoms with E-state index in [1.165, 1.54) is 17.2 Å². The zero-order valence-corrected chi connectivity index (χ0v) is 24.1. The topological polar surface area (TPSA) is 310 Å². The fourth-order valence-electron chi connectivity index (χ4n) is 2.45. The largest absolute Gasteiger partial charge is 1.00 e. The summed E-state index contributed by atoms with van der Waals surface area (Å²) >= 11 is 0. The normalized spacial score (nSPS) is 22.9. The second-order valence-corrected chi connectivity index (χ2v) is 10.1. The molecule has 1 aliphatic rings. The van der Waals surface area contributed by atoms with Crippen LogP contribution in [0.2, 0.25) is 0 Å². The third kappa shape index (κ3) is 9.81. The summed E-state index contributed by atoms with van der Waals surface area (Å²) in [5, 5.41) is 28.7. The molecule has 10 N–H and O–H groups in total. The van der Waals surface area contributed by atoms with E-state index in [0.717, 1.165) is 0 Å². The van der Waals surface area contributed by atoms with Crippen LogP contribution in [0.5, 0.6) is 0 Å².